The topological polar surface area (TPSA) is 102 Å². The van der Waals surface area contributed by atoms with Crippen LogP contribution in [0.5, 0.6) is 0 Å². The highest BCUT2D eigenvalue weighted by molar-refractivity contribution is 7.99. The summed E-state index contributed by atoms with van der Waals surface area (Å²) in [5.41, 5.74) is 2.76. The first kappa shape index (κ1) is 23.1. The molecule has 0 atom stereocenters. The van der Waals surface area contributed by atoms with E-state index in [0.717, 1.165) is 29.7 Å². The van der Waals surface area contributed by atoms with Crippen molar-refractivity contribution in [1.29, 1.82) is 0 Å². The third-order valence-corrected chi connectivity index (χ3v) is 6.81. The molecule has 2 heterocycles. The Morgan fingerprint density at radius 3 is 2.52 bits per heavy atom. The number of carbonyl (C=O) groups is 2. The molecule has 2 aromatic heterocycles. The number of hydrogen-bond acceptors (Lipinski definition) is 6. The Bertz CT molecular complexity index is 1080. The SMILES string of the molecule is Cc1cccc(C)c1NC(=O)CNC(=O)CSc1nnc(-c2ccco2)n1C1CCCCC1. The number of hydrogen-bond donors (Lipinski definition) is 2. The van der Waals surface area contributed by atoms with Crippen LogP contribution in [0.2, 0.25) is 0 Å². The van der Waals surface area contributed by atoms with Crippen molar-refractivity contribution in [2.45, 2.75) is 57.1 Å². The average Bonchev–Trinajstić information content (AvgIpc) is 3.49. The number of aromatic nitrogens is 3. The molecule has 174 valence electrons. The van der Waals surface area contributed by atoms with E-state index in [-0.39, 0.29) is 24.1 Å². The van der Waals surface area contributed by atoms with Crippen LogP contribution >= 0.6 is 11.8 Å². The van der Waals surface area contributed by atoms with Crippen molar-refractivity contribution in [3.05, 3.63) is 47.7 Å². The molecule has 9 heteroatoms. The van der Waals surface area contributed by atoms with Crippen molar-refractivity contribution >= 4 is 29.3 Å². The number of anilines is 1. The Balaban J connectivity index is 1.36. The van der Waals surface area contributed by atoms with Crippen molar-refractivity contribution < 1.29 is 14.0 Å². The fraction of sp³-hybridized carbons (Fsp3) is 0.417. The maximum Gasteiger partial charge on any atom is 0.243 e. The second-order valence-corrected chi connectivity index (χ2v) is 9.27. The maximum absolute atomic E-state index is 12.4. The molecular weight excluding hydrogens is 438 g/mol. The Hall–Kier alpha value is -3.07. The fourth-order valence-corrected chi connectivity index (χ4v) is 5.01. The molecule has 0 bridgehead atoms. The van der Waals surface area contributed by atoms with E-state index in [1.807, 2.05) is 44.2 Å². The minimum absolute atomic E-state index is 0.0832. The zero-order chi connectivity index (χ0) is 23.2. The molecule has 0 aliphatic heterocycles. The van der Waals surface area contributed by atoms with Gasteiger partial charge in [0, 0.05) is 11.7 Å². The lowest BCUT2D eigenvalue weighted by atomic mass is 9.95. The summed E-state index contributed by atoms with van der Waals surface area (Å²) < 4.78 is 7.68. The molecule has 2 N–H and O–H groups in total. The van der Waals surface area contributed by atoms with Crippen LogP contribution in [-0.4, -0.2) is 38.9 Å². The first-order valence-electron chi connectivity index (χ1n) is 11.3. The van der Waals surface area contributed by atoms with Gasteiger partial charge in [-0.05, 0) is 49.9 Å². The second kappa shape index (κ2) is 10.7. The first-order chi connectivity index (χ1) is 16.0. The summed E-state index contributed by atoms with van der Waals surface area (Å²) in [5.74, 6) is 1.04. The number of thioether (sulfide) groups is 1. The molecule has 0 saturated heterocycles. The molecule has 1 saturated carbocycles. The lowest BCUT2D eigenvalue weighted by Crippen LogP contribution is -2.34. The van der Waals surface area contributed by atoms with Crippen LogP contribution in [0, 0.1) is 13.8 Å². The van der Waals surface area contributed by atoms with Crippen molar-refractivity contribution in [3.63, 3.8) is 0 Å². The molecule has 0 spiro atoms. The maximum atomic E-state index is 12.4. The van der Waals surface area contributed by atoms with E-state index >= 15 is 0 Å². The summed E-state index contributed by atoms with van der Waals surface area (Å²) >= 11 is 1.33. The molecule has 0 radical (unpaired) electrons. The van der Waals surface area contributed by atoms with Crippen LogP contribution in [0.3, 0.4) is 0 Å². The number of rotatable bonds is 8. The number of nitrogens with one attached hydrogen (secondary N) is 2. The quantitative estimate of drug-likeness (QED) is 0.473. The molecule has 3 aromatic rings. The van der Waals surface area contributed by atoms with Crippen LogP contribution in [0.1, 0.15) is 49.3 Å². The van der Waals surface area contributed by atoms with Gasteiger partial charge in [0.15, 0.2) is 10.9 Å². The van der Waals surface area contributed by atoms with E-state index in [0.29, 0.717) is 22.8 Å². The second-order valence-electron chi connectivity index (χ2n) is 8.33. The van der Waals surface area contributed by atoms with E-state index in [2.05, 4.69) is 25.4 Å². The summed E-state index contributed by atoms with van der Waals surface area (Å²) in [5, 5.41) is 15.0. The van der Waals surface area contributed by atoms with Gasteiger partial charge >= 0.3 is 0 Å². The third kappa shape index (κ3) is 5.65. The van der Waals surface area contributed by atoms with E-state index in [1.54, 1.807) is 6.26 Å². The average molecular weight is 468 g/mol. The van der Waals surface area contributed by atoms with E-state index in [1.165, 1.54) is 31.0 Å². The molecule has 1 aromatic carbocycles. The fourth-order valence-electron chi connectivity index (χ4n) is 4.17. The molecule has 33 heavy (non-hydrogen) atoms. The van der Waals surface area contributed by atoms with Crippen LogP contribution in [-0.2, 0) is 9.59 Å². The lowest BCUT2D eigenvalue weighted by molar-refractivity contribution is -0.122. The third-order valence-electron chi connectivity index (χ3n) is 5.87. The Morgan fingerprint density at radius 1 is 1.06 bits per heavy atom. The van der Waals surface area contributed by atoms with Crippen molar-refractivity contribution in [3.8, 4) is 11.6 Å². The van der Waals surface area contributed by atoms with Gasteiger partial charge in [0.2, 0.25) is 17.6 Å². The molecule has 2 amide bonds. The number of benzene rings is 1. The van der Waals surface area contributed by atoms with Crippen molar-refractivity contribution in [1.82, 2.24) is 20.1 Å². The van der Waals surface area contributed by atoms with Crippen LogP contribution in [0.25, 0.3) is 11.6 Å². The minimum atomic E-state index is -0.253. The molecule has 0 unspecified atom stereocenters. The van der Waals surface area contributed by atoms with E-state index in [9.17, 15) is 9.59 Å². The number of amides is 2. The van der Waals surface area contributed by atoms with Gasteiger partial charge in [0.1, 0.15) is 0 Å². The monoisotopic (exact) mass is 467 g/mol. The summed E-state index contributed by atoms with van der Waals surface area (Å²) in [6, 6.07) is 9.83. The van der Waals surface area contributed by atoms with Gasteiger partial charge in [-0.1, -0.05) is 49.2 Å². The summed E-state index contributed by atoms with van der Waals surface area (Å²) in [6.45, 7) is 3.80. The van der Waals surface area contributed by atoms with Crippen molar-refractivity contribution in [2.75, 3.05) is 17.6 Å². The van der Waals surface area contributed by atoms with Crippen LogP contribution in [0.4, 0.5) is 5.69 Å². The standard InChI is InChI=1S/C24H29N5O3S/c1-16-8-6-9-17(2)22(16)26-20(30)14-25-21(31)15-33-24-28-27-23(19-12-7-13-32-19)29(24)18-10-4-3-5-11-18/h6-9,12-13,18H,3-5,10-11,14-15H2,1-2H3,(H,25,31)(H,26,30). The zero-order valence-electron chi connectivity index (χ0n) is 19.0. The molecule has 1 fully saturated rings. The van der Waals surface area contributed by atoms with Gasteiger partial charge in [0.05, 0.1) is 18.6 Å². The highest BCUT2D eigenvalue weighted by Crippen LogP contribution is 2.35. The molecule has 8 nitrogen and oxygen atoms in total. The predicted octanol–water partition coefficient (Wildman–Crippen LogP) is 4.51. The van der Waals surface area contributed by atoms with Gasteiger partial charge in [-0.15, -0.1) is 10.2 Å². The Kier molecular flexibility index (Phi) is 7.49. The van der Waals surface area contributed by atoms with Crippen LogP contribution in [0.15, 0.2) is 46.2 Å². The number of carbonyl (C=O) groups excluding carboxylic acids is 2. The zero-order valence-corrected chi connectivity index (χ0v) is 19.8. The highest BCUT2D eigenvalue weighted by Gasteiger charge is 2.25. The summed E-state index contributed by atoms with van der Waals surface area (Å²) in [7, 11) is 0. The molecular formula is C24H29N5O3S. The normalized spacial score (nSPS) is 14.2. The van der Waals surface area contributed by atoms with E-state index in [4.69, 9.17) is 4.42 Å². The summed E-state index contributed by atoms with van der Waals surface area (Å²) in [6.07, 6.45) is 7.32. The minimum Gasteiger partial charge on any atom is -0.461 e. The first-order valence-corrected chi connectivity index (χ1v) is 12.3. The van der Waals surface area contributed by atoms with E-state index < -0.39 is 0 Å². The molecule has 1 aliphatic rings. The lowest BCUT2D eigenvalue weighted by Gasteiger charge is -2.25. The Labute approximate surface area is 197 Å². The number of furan rings is 1. The van der Waals surface area contributed by atoms with Crippen LogP contribution < -0.4 is 10.6 Å². The summed E-state index contributed by atoms with van der Waals surface area (Å²) in [4.78, 5) is 24.8. The number of nitrogens with zero attached hydrogens (tertiary/aromatic N) is 3. The smallest absolute Gasteiger partial charge is 0.243 e. The molecule has 4 rings (SSSR count). The number of para-hydroxylation sites is 1. The van der Waals surface area contributed by atoms with Gasteiger partial charge < -0.3 is 15.1 Å². The predicted molar refractivity (Wildman–Crippen MR) is 128 cm³/mol. The van der Waals surface area contributed by atoms with Gasteiger partial charge in [-0.25, -0.2) is 0 Å². The largest absolute Gasteiger partial charge is 0.461 e. The Morgan fingerprint density at radius 2 is 1.82 bits per heavy atom. The van der Waals surface area contributed by atoms with Gasteiger partial charge in [0.25, 0.3) is 0 Å². The van der Waals surface area contributed by atoms with Gasteiger partial charge in [-0.3, -0.25) is 14.2 Å². The molecule has 1 aliphatic carbocycles. The number of aryl methyl sites for hydroxylation is 2. The van der Waals surface area contributed by atoms with Gasteiger partial charge in [-0.2, -0.15) is 0 Å². The van der Waals surface area contributed by atoms with Crippen molar-refractivity contribution in [2.24, 2.45) is 0 Å². The highest BCUT2D eigenvalue weighted by atomic mass is 32.2.